The van der Waals surface area contributed by atoms with Crippen molar-refractivity contribution in [1.29, 1.82) is 0 Å². The lowest BCUT2D eigenvalue weighted by molar-refractivity contribution is 0.0697. The van der Waals surface area contributed by atoms with E-state index in [1.54, 1.807) is 32.2 Å². The molecule has 1 aromatic carbocycles. The van der Waals surface area contributed by atoms with Crippen LogP contribution in [0.25, 0.3) is 11.0 Å². The molecule has 1 N–H and O–H groups in total. The van der Waals surface area contributed by atoms with Gasteiger partial charge in [0.1, 0.15) is 11.3 Å². The number of carboxylic acid groups (broad SMARTS) is 1. The zero-order valence-corrected chi connectivity index (χ0v) is 19.1. The average molecular weight is 473 g/mol. The van der Waals surface area contributed by atoms with Gasteiger partial charge in [0.25, 0.3) is 10.0 Å². The van der Waals surface area contributed by atoms with Gasteiger partial charge in [-0.15, -0.1) is 0 Å². The molecule has 0 fully saturated rings. The van der Waals surface area contributed by atoms with Gasteiger partial charge < -0.3 is 9.84 Å². The molecule has 0 radical (unpaired) electrons. The topological polar surface area (TPSA) is 115 Å². The van der Waals surface area contributed by atoms with E-state index in [-0.39, 0.29) is 22.7 Å². The van der Waals surface area contributed by atoms with Crippen LogP contribution in [0.2, 0.25) is 0 Å². The fourth-order valence-electron chi connectivity index (χ4n) is 3.52. The summed E-state index contributed by atoms with van der Waals surface area (Å²) in [5, 5.41) is 18.3. The number of fused-ring (bicyclic) bond motifs is 1. The fraction of sp³-hybridized carbons (Fsp3) is 0.190. The Bertz CT molecular complexity index is 1390. The van der Waals surface area contributed by atoms with Gasteiger partial charge in [0, 0.05) is 13.2 Å². The Morgan fingerprint density at radius 1 is 1.25 bits per heavy atom. The number of aryl methyl sites for hydroxylation is 2. The summed E-state index contributed by atoms with van der Waals surface area (Å²) >= 11 is 1.43. The van der Waals surface area contributed by atoms with Crippen molar-refractivity contribution in [1.82, 2.24) is 14.8 Å². The predicted molar refractivity (Wildman–Crippen MR) is 121 cm³/mol. The fourth-order valence-corrected chi connectivity index (χ4v) is 5.66. The van der Waals surface area contributed by atoms with Crippen LogP contribution in [-0.4, -0.2) is 41.4 Å². The number of carboxylic acids is 1. The maximum Gasteiger partial charge on any atom is 0.339 e. The molecule has 0 aliphatic carbocycles. The van der Waals surface area contributed by atoms with Crippen LogP contribution >= 0.6 is 11.3 Å². The van der Waals surface area contributed by atoms with E-state index in [1.807, 2.05) is 10.8 Å². The molecule has 11 heteroatoms. The Balaban J connectivity index is 2.02. The minimum atomic E-state index is -4.16. The number of nitrogens with zero attached hydrogens (tertiary/aromatic N) is 4. The van der Waals surface area contributed by atoms with Crippen molar-refractivity contribution < 1.29 is 23.1 Å². The number of thiophene rings is 1. The number of pyridine rings is 1. The quantitative estimate of drug-likeness (QED) is 0.438. The van der Waals surface area contributed by atoms with Crippen molar-refractivity contribution in [2.24, 2.45) is 7.05 Å². The summed E-state index contributed by atoms with van der Waals surface area (Å²) in [6.45, 7) is 1.65. The summed E-state index contributed by atoms with van der Waals surface area (Å²) < 4.78 is 35.4. The van der Waals surface area contributed by atoms with Gasteiger partial charge in [0.05, 0.1) is 35.3 Å². The second-order valence-corrected chi connectivity index (χ2v) is 9.69. The van der Waals surface area contributed by atoms with Gasteiger partial charge in [-0.1, -0.05) is 0 Å². The SMILES string of the molecule is COc1ccc(S(=O)(=O)N(Cc2ccsc2)c2c(C(=O)O)cnc3c2c(C)nn3C)cc1. The average Bonchev–Trinajstić information content (AvgIpc) is 3.39. The number of benzene rings is 1. The zero-order valence-electron chi connectivity index (χ0n) is 17.5. The predicted octanol–water partition coefficient (Wildman–Crippen LogP) is 3.44. The lowest BCUT2D eigenvalue weighted by Gasteiger charge is -2.26. The van der Waals surface area contributed by atoms with E-state index in [0.717, 1.165) is 9.87 Å². The van der Waals surface area contributed by atoms with E-state index in [9.17, 15) is 18.3 Å². The molecule has 3 aromatic heterocycles. The van der Waals surface area contributed by atoms with Gasteiger partial charge in [0.15, 0.2) is 5.65 Å². The molecule has 0 bridgehead atoms. The molecular weight excluding hydrogens is 452 g/mol. The molecule has 0 unspecified atom stereocenters. The summed E-state index contributed by atoms with van der Waals surface area (Å²) in [4.78, 5) is 16.4. The summed E-state index contributed by atoms with van der Waals surface area (Å²) in [5.74, 6) is -0.771. The van der Waals surface area contributed by atoms with Crippen LogP contribution in [0.3, 0.4) is 0 Å². The van der Waals surface area contributed by atoms with Gasteiger partial charge in [-0.25, -0.2) is 18.2 Å². The van der Waals surface area contributed by atoms with Crippen LogP contribution in [0.4, 0.5) is 5.69 Å². The first-order chi connectivity index (χ1) is 15.2. The third-order valence-corrected chi connectivity index (χ3v) is 7.53. The first kappa shape index (κ1) is 21.8. The smallest absolute Gasteiger partial charge is 0.339 e. The number of hydrogen-bond acceptors (Lipinski definition) is 7. The highest BCUT2D eigenvalue weighted by molar-refractivity contribution is 7.92. The molecule has 0 saturated carbocycles. The molecule has 4 aromatic rings. The Labute approximate surface area is 188 Å². The number of anilines is 1. The van der Waals surface area contributed by atoms with E-state index < -0.39 is 16.0 Å². The molecule has 166 valence electrons. The van der Waals surface area contributed by atoms with E-state index in [4.69, 9.17) is 4.74 Å². The van der Waals surface area contributed by atoms with Gasteiger partial charge >= 0.3 is 5.97 Å². The first-order valence-corrected chi connectivity index (χ1v) is 11.9. The first-order valence-electron chi connectivity index (χ1n) is 9.47. The van der Waals surface area contributed by atoms with Crippen molar-refractivity contribution in [3.8, 4) is 5.75 Å². The maximum atomic E-state index is 13.8. The molecule has 0 amide bonds. The Morgan fingerprint density at radius 2 is 1.97 bits per heavy atom. The number of aromatic nitrogens is 3. The summed E-state index contributed by atoms with van der Waals surface area (Å²) in [7, 11) is -0.991. The molecule has 0 spiro atoms. The number of aromatic carboxylic acids is 1. The lowest BCUT2D eigenvalue weighted by atomic mass is 10.1. The molecule has 0 aliphatic rings. The van der Waals surface area contributed by atoms with E-state index in [2.05, 4.69) is 10.1 Å². The second-order valence-electron chi connectivity index (χ2n) is 7.05. The number of carbonyl (C=O) groups is 1. The van der Waals surface area contributed by atoms with Crippen LogP contribution in [0.5, 0.6) is 5.75 Å². The number of rotatable bonds is 7. The molecular formula is C21H20N4O5S2. The minimum absolute atomic E-state index is 0.0105. The molecule has 32 heavy (non-hydrogen) atoms. The number of ether oxygens (including phenoxy) is 1. The number of hydrogen-bond donors (Lipinski definition) is 1. The molecule has 0 saturated heterocycles. The third-order valence-electron chi connectivity index (χ3n) is 5.03. The van der Waals surface area contributed by atoms with Crippen molar-refractivity contribution in [3.63, 3.8) is 0 Å². The highest BCUT2D eigenvalue weighted by atomic mass is 32.2. The van der Waals surface area contributed by atoms with Crippen LogP contribution in [-0.2, 0) is 23.6 Å². The summed E-state index contributed by atoms with van der Waals surface area (Å²) in [6, 6.07) is 7.76. The van der Waals surface area contributed by atoms with Crippen LogP contribution < -0.4 is 9.04 Å². The Morgan fingerprint density at radius 3 is 2.56 bits per heavy atom. The summed E-state index contributed by atoms with van der Waals surface area (Å²) in [6.07, 6.45) is 1.17. The molecule has 0 aliphatic heterocycles. The van der Waals surface area contributed by atoms with Crippen molar-refractivity contribution in [3.05, 3.63) is 64.1 Å². The van der Waals surface area contributed by atoms with Crippen molar-refractivity contribution in [2.45, 2.75) is 18.4 Å². The summed E-state index contributed by atoms with van der Waals surface area (Å²) in [5.41, 5.74) is 1.42. The van der Waals surface area contributed by atoms with Crippen LogP contribution in [0.1, 0.15) is 21.6 Å². The van der Waals surface area contributed by atoms with Crippen LogP contribution in [0.15, 0.2) is 52.2 Å². The van der Waals surface area contributed by atoms with E-state index in [1.165, 1.54) is 41.5 Å². The lowest BCUT2D eigenvalue weighted by Crippen LogP contribution is -2.32. The van der Waals surface area contributed by atoms with Gasteiger partial charge in [-0.2, -0.15) is 16.4 Å². The number of methoxy groups -OCH3 is 1. The van der Waals surface area contributed by atoms with Crippen molar-refractivity contribution >= 4 is 44.1 Å². The number of sulfonamides is 1. The van der Waals surface area contributed by atoms with Crippen LogP contribution in [0, 0.1) is 6.92 Å². The van der Waals surface area contributed by atoms with Gasteiger partial charge in [0.2, 0.25) is 0 Å². The highest BCUT2D eigenvalue weighted by Gasteiger charge is 2.32. The van der Waals surface area contributed by atoms with Gasteiger partial charge in [-0.05, 0) is 53.6 Å². The minimum Gasteiger partial charge on any atom is -0.497 e. The monoisotopic (exact) mass is 472 g/mol. The molecule has 9 nitrogen and oxygen atoms in total. The zero-order chi connectivity index (χ0) is 23.0. The van der Waals surface area contributed by atoms with E-state index in [0.29, 0.717) is 22.5 Å². The third kappa shape index (κ3) is 3.69. The van der Waals surface area contributed by atoms with Gasteiger partial charge in [-0.3, -0.25) is 8.99 Å². The largest absolute Gasteiger partial charge is 0.497 e. The molecule has 4 rings (SSSR count). The normalized spacial score (nSPS) is 11.6. The Hall–Kier alpha value is -3.44. The standard InChI is InChI=1S/C21H20N4O5S2/c1-13-18-19(17(21(26)27)10-22-20(18)24(2)23-13)25(11-14-8-9-31-12-14)32(28,29)16-6-4-15(30-3)5-7-16/h4-10,12H,11H2,1-3H3,(H,26,27). The molecule has 0 atom stereocenters. The second kappa shape index (κ2) is 8.24. The van der Waals surface area contributed by atoms with Crippen molar-refractivity contribution in [2.75, 3.05) is 11.4 Å². The Kier molecular flexibility index (Phi) is 5.61. The maximum absolute atomic E-state index is 13.8. The highest BCUT2D eigenvalue weighted by Crippen LogP contribution is 2.37. The van der Waals surface area contributed by atoms with E-state index >= 15 is 0 Å². The molecule has 3 heterocycles.